The first kappa shape index (κ1) is 97.7. The molecule has 8 bridgehead atoms. The molecule has 1 aliphatic carbocycles. The van der Waals surface area contributed by atoms with Gasteiger partial charge in [-0.25, -0.2) is 47.9 Å². The van der Waals surface area contributed by atoms with E-state index in [1.807, 2.05) is 0 Å². The summed E-state index contributed by atoms with van der Waals surface area (Å²) in [5.41, 5.74) is 9.29. The van der Waals surface area contributed by atoms with E-state index >= 15 is 0 Å². The summed E-state index contributed by atoms with van der Waals surface area (Å²) in [5, 5.41) is 0. The maximum Gasteiger partial charge on any atom is 0.417 e. The minimum absolute atomic E-state index is 0.0542. The van der Waals surface area contributed by atoms with Gasteiger partial charge in [-0.05, 0) is 144 Å². The van der Waals surface area contributed by atoms with Gasteiger partial charge in [0.05, 0.1) is 89.4 Å². The Kier molecular flexibility index (Phi) is 44.8. The van der Waals surface area contributed by atoms with E-state index in [9.17, 15) is 57.5 Å². The fraction of sp³-hybridized carbons (Fsp3) is 0.522. The zero-order valence-electron chi connectivity index (χ0n) is 70.3. The number of fused-ring (bicyclic) bond motifs is 8. The highest BCUT2D eigenvalue weighted by molar-refractivity contribution is 6.33. The fourth-order valence-electron chi connectivity index (χ4n) is 12.8. The number of aryl methyl sites for hydroxylation is 4. The van der Waals surface area contributed by atoms with Crippen molar-refractivity contribution in [3.63, 3.8) is 0 Å². The minimum atomic E-state index is -1.30. The number of Topliss-reactive ketones (excluding diaryl/α,β-unsaturated/α-hetero) is 2. The summed E-state index contributed by atoms with van der Waals surface area (Å²) in [5.74, 6) is -9.66. The highest BCUT2D eigenvalue weighted by atomic mass is 16.6. The Balaban J connectivity index is 1.89. The maximum absolute atomic E-state index is 13.3. The summed E-state index contributed by atoms with van der Waals surface area (Å²) >= 11 is 0. The molecule has 0 saturated carbocycles. The molecule has 0 saturated heterocycles. The molecule has 0 aliphatic heterocycles. The van der Waals surface area contributed by atoms with Crippen LogP contribution in [0.5, 0.6) is 23.0 Å². The van der Waals surface area contributed by atoms with Crippen LogP contribution in [0.25, 0.3) is 0 Å². The first-order chi connectivity index (χ1) is 56.7. The average Bonchev–Trinajstić information content (AvgIpc) is 0.771. The molecule has 644 valence electrons. The van der Waals surface area contributed by atoms with Gasteiger partial charge in [-0.1, -0.05) is 180 Å². The lowest BCUT2D eigenvalue weighted by Crippen LogP contribution is -2.22. The Hall–Kier alpha value is -10.9. The van der Waals surface area contributed by atoms with Gasteiger partial charge < -0.3 is 66.3 Å². The zero-order chi connectivity index (χ0) is 86.3. The van der Waals surface area contributed by atoms with Crippen molar-refractivity contribution in [2.75, 3.05) is 93.5 Å². The number of carbonyl (C=O) groups excluding carboxylic acids is 12. The number of hydrogen-bond donors (Lipinski definition) is 0. The smallest absolute Gasteiger partial charge is 0.417 e. The molecule has 26 heteroatoms. The number of benzene rings is 4. The number of methoxy groups -OCH3 is 2. The summed E-state index contributed by atoms with van der Waals surface area (Å²) in [6.45, 7) is 24.6. The molecule has 26 nitrogen and oxygen atoms in total. The lowest BCUT2D eigenvalue weighted by atomic mass is 9.87. The number of hydrogen-bond acceptors (Lipinski definition) is 26. The number of carbonyl (C=O) groups is 12. The van der Waals surface area contributed by atoms with Crippen molar-refractivity contribution in [3.8, 4) is 23.0 Å². The van der Waals surface area contributed by atoms with Crippen LogP contribution in [0, 0.1) is 0 Å². The first-order valence-electron chi connectivity index (χ1n) is 41.1. The summed E-state index contributed by atoms with van der Waals surface area (Å²) in [6, 6.07) is 16.9. The van der Waals surface area contributed by atoms with Crippen LogP contribution in [0.15, 0.2) is 97.1 Å². The number of unbranched alkanes of at least 4 members (excludes halogenated alkanes) is 12. The van der Waals surface area contributed by atoms with Gasteiger partial charge in [0.15, 0.2) is 0 Å². The van der Waals surface area contributed by atoms with Crippen LogP contribution in [-0.4, -0.2) is 165 Å². The molecule has 0 spiro atoms. The van der Waals surface area contributed by atoms with Gasteiger partial charge in [-0.2, -0.15) is 0 Å². The van der Waals surface area contributed by atoms with E-state index in [0.29, 0.717) is 101 Å². The Morgan fingerprint density at radius 3 is 0.644 bits per heavy atom. The third-order valence-corrected chi connectivity index (χ3v) is 19.0. The molecule has 4 aromatic rings. The van der Waals surface area contributed by atoms with Crippen LogP contribution >= 0.6 is 0 Å². The molecular formula is C92H120O26. The quantitative estimate of drug-likeness (QED) is 0.0115. The fourth-order valence-corrected chi connectivity index (χ4v) is 12.8. The molecule has 5 rings (SSSR count). The average molecular weight is 1640 g/mol. The Morgan fingerprint density at radius 1 is 0.254 bits per heavy atom. The maximum atomic E-state index is 13.3. The molecule has 0 N–H and O–H groups in total. The molecule has 0 radical (unpaired) electrons. The van der Waals surface area contributed by atoms with Crippen molar-refractivity contribution in [1.29, 1.82) is 0 Å². The summed E-state index contributed by atoms with van der Waals surface area (Å²) in [4.78, 5) is 148. The van der Waals surface area contributed by atoms with Gasteiger partial charge in [0, 0.05) is 39.5 Å². The SMILES string of the molecule is C=C(COC(=O)C(C)=O)C(=O)OCCCc1cc2c(OCCCCCC)c(c1)Cc1cc(CCCOC(=O)C(=C)COC(=O)C(=O)OC)cc(c1OCCCCCC)Cc1cc(CCCOC(=O)C(=C)COC(=O)C(=O)OC)cc(c1OCCCCCC)Cc1cc(CCCOC(=O)C(=C)COC(=O)C(C)=O)cc(c1OCCCCCC)C2. The second-order valence-electron chi connectivity index (χ2n) is 29.1. The van der Waals surface area contributed by atoms with Crippen molar-refractivity contribution in [2.24, 2.45) is 0 Å². The van der Waals surface area contributed by atoms with Gasteiger partial charge in [-0.15, -0.1) is 0 Å². The van der Waals surface area contributed by atoms with Crippen molar-refractivity contribution in [3.05, 3.63) is 164 Å². The van der Waals surface area contributed by atoms with E-state index in [1.54, 1.807) is 0 Å². The van der Waals surface area contributed by atoms with Gasteiger partial charge in [0.2, 0.25) is 11.6 Å². The molecule has 0 unspecified atom stereocenters. The van der Waals surface area contributed by atoms with Crippen molar-refractivity contribution in [1.82, 2.24) is 0 Å². The van der Waals surface area contributed by atoms with E-state index in [4.69, 9.17) is 56.8 Å². The van der Waals surface area contributed by atoms with Crippen LogP contribution in [-0.2, 0) is 156 Å². The number of ether oxygens (including phenoxy) is 14. The molecular weight excluding hydrogens is 1520 g/mol. The van der Waals surface area contributed by atoms with Crippen molar-refractivity contribution >= 4 is 71.3 Å². The van der Waals surface area contributed by atoms with Crippen LogP contribution in [0.3, 0.4) is 0 Å². The third kappa shape index (κ3) is 34.7. The largest absolute Gasteiger partial charge is 0.493 e. The van der Waals surface area contributed by atoms with Crippen LogP contribution < -0.4 is 18.9 Å². The van der Waals surface area contributed by atoms with Gasteiger partial charge in [0.1, 0.15) is 49.4 Å². The van der Waals surface area contributed by atoms with E-state index in [0.717, 1.165) is 198 Å². The Labute approximate surface area is 693 Å². The molecule has 118 heavy (non-hydrogen) atoms. The standard InChI is InChI=1S/C92H120O26/c1-13-17-21-25-37-107-79-71-45-67(33-29-41-111-83(95)61(5)57-115-87(99)65(9)93)47-73(79)54-75-49-69(35-31-43-113-85(97)63(7)59-117-91(103)89(101)105-11)51-77(81(75)109-39-27-23-19-15-3)56-78-52-70(36-32-44-114-86(98)64(8)60-118-92(104)90(102)106-12)50-76(82(78)110-40-28-24-20-16-4)55-74-48-68(46-72(53-71)80(74)108-38-26-22-18-14-2)34-30-42-112-84(96)62(6)58-116-88(100)66(10)94/h45-52H,5-8,13-44,53-60H2,1-4,9-12H3. The van der Waals surface area contributed by atoms with Crippen molar-refractivity contribution < 1.29 is 124 Å². The zero-order valence-corrected chi connectivity index (χ0v) is 70.3. The van der Waals surface area contributed by atoms with E-state index in [2.05, 4.69) is 112 Å². The molecule has 0 aromatic heterocycles. The lowest BCUT2D eigenvalue weighted by molar-refractivity contribution is -0.165. The van der Waals surface area contributed by atoms with Gasteiger partial charge in [-0.3, -0.25) is 9.59 Å². The Morgan fingerprint density at radius 2 is 0.458 bits per heavy atom. The molecule has 0 atom stereocenters. The van der Waals surface area contributed by atoms with E-state index < -0.39 is 97.7 Å². The number of ketones is 2. The minimum Gasteiger partial charge on any atom is -0.493 e. The van der Waals surface area contributed by atoms with E-state index in [-0.39, 0.29) is 74.4 Å². The summed E-state index contributed by atoms with van der Waals surface area (Å²) in [6.07, 6.45) is 18.4. The third-order valence-electron chi connectivity index (χ3n) is 19.0. The predicted octanol–water partition coefficient (Wildman–Crippen LogP) is 14.0. The summed E-state index contributed by atoms with van der Waals surface area (Å²) < 4.78 is 80.4. The highest BCUT2D eigenvalue weighted by Crippen LogP contribution is 2.42. The predicted molar refractivity (Wildman–Crippen MR) is 438 cm³/mol. The molecule has 1 aliphatic rings. The normalized spacial score (nSPS) is 11.3. The van der Waals surface area contributed by atoms with Crippen LogP contribution in [0.1, 0.15) is 237 Å². The second-order valence-corrected chi connectivity index (χ2v) is 29.1. The lowest BCUT2D eigenvalue weighted by Gasteiger charge is -2.25. The molecule has 0 heterocycles. The monoisotopic (exact) mass is 1640 g/mol. The van der Waals surface area contributed by atoms with E-state index in [1.165, 1.54) is 0 Å². The molecule has 0 fully saturated rings. The first-order valence-corrected chi connectivity index (χ1v) is 41.1. The second kappa shape index (κ2) is 54.1. The number of rotatable bonds is 54. The molecule has 4 aromatic carbocycles. The van der Waals surface area contributed by atoms with Gasteiger partial charge in [0.25, 0.3) is 0 Å². The summed E-state index contributed by atoms with van der Waals surface area (Å²) in [7, 11) is 2.05. The Bertz CT molecular complexity index is 3720. The topological polar surface area (TPSA) is 334 Å². The number of esters is 10. The van der Waals surface area contributed by atoms with Gasteiger partial charge >= 0.3 is 59.7 Å². The van der Waals surface area contributed by atoms with Crippen molar-refractivity contribution in [2.45, 2.75) is 221 Å². The molecule has 0 amide bonds. The highest BCUT2D eigenvalue weighted by Gasteiger charge is 2.28. The van der Waals surface area contributed by atoms with Crippen LogP contribution in [0.4, 0.5) is 0 Å². The van der Waals surface area contributed by atoms with Crippen LogP contribution in [0.2, 0.25) is 0 Å².